The van der Waals surface area contributed by atoms with Gasteiger partial charge in [0.15, 0.2) is 0 Å². The first-order chi connectivity index (χ1) is 9.95. The molecule has 0 bridgehead atoms. The fourth-order valence-corrected chi connectivity index (χ4v) is 2.02. The summed E-state index contributed by atoms with van der Waals surface area (Å²) in [5.41, 5.74) is 7.06. The molecule has 3 nitrogen and oxygen atoms in total. The molecule has 0 fully saturated rings. The molecule has 0 radical (unpaired) electrons. The van der Waals surface area contributed by atoms with Crippen LogP contribution in [0, 0.1) is 11.6 Å². The van der Waals surface area contributed by atoms with Gasteiger partial charge in [-0.1, -0.05) is 19.1 Å². The second-order valence-electron chi connectivity index (χ2n) is 4.94. The lowest BCUT2D eigenvalue weighted by molar-refractivity contribution is -0.116. The standard InChI is InChI=1S/C16H16F2N2O/c1-10(11-2-5-13(19)6-3-11)8-16(21)20-15-9-12(17)4-7-14(15)18/h2-7,9-10H,8,19H2,1H3,(H,20,21). The highest BCUT2D eigenvalue weighted by atomic mass is 19.1. The molecule has 0 heterocycles. The van der Waals surface area contributed by atoms with Gasteiger partial charge in [-0.05, 0) is 35.7 Å². The van der Waals surface area contributed by atoms with Crippen LogP contribution in [0.15, 0.2) is 42.5 Å². The molecule has 0 aromatic heterocycles. The molecular weight excluding hydrogens is 274 g/mol. The van der Waals surface area contributed by atoms with Crippen LogP contribution in [0.5, 0.6) is 0 Å². The highest BCUT2D eigenvalue weighted by molar-refractivity contribution is 5.91. The van der Waals surface area contributed by atoms with Gasteiger partial charge in [0.25, 0.3) is 0 Å². The molecule has 2 aromatic rings. The Bertz CT molecular complexity index is 641. The number of benzene rings is 2. The molecule has 0 saturated carbocycles. The van der Waals surface area contributed by atoms with E-state index in [1.54, 1.807) is 12.1 Å². The number of nitrogens with one attached hydrogen (secondary N) is 1. The van der Waals surface area contributed by atoms with Crippen LogP contribution >= 0.6 is 0 Å². The molecule has 1 atom stereocenters. The van der Waals surface area contributed by atoms with Gasteiger partial charge in [0.1, 0.15) is 11.6 Å². The Hall–Kier alpha value is -2.43. The van der Waals surface area contributed by atoms with E-state index in [4.69, 9.17) is 5.73 Å². The topological polar surface area (TPSA) is 55.1 Å². The third-order valence-corrected chi connectivity index (χ3v) is 3.20. The molecule has 110 valence electrons. The lowest BCUT2D eigenvalue weighted by Gasteiger charge is -2.12. The molecule has 2 aromatic carbocycles. The van der Waals surface area contributed by atoms with Gasteiger partial charge in [0.2, 0.25) is 5.91 Å². The minimum Gasteiger partial charge on any atom is -0.399 e. The second-order valence-corrected chi connectivity index (χ2v) is 4.94. The maximum absolute atomic E-state index is 13.4. The first-order valence-electron chi connectivity index (χ1n) is 6.56. The van der Waals surface area contributed by atoms with Gasteiger partial charge in [0, 0.05) is 18.2 Å². The van der Waals surface area contributed by atoms with Crippen LogP contribution in [0.25, 0.3) is 0 Å². The summed E-state index contributed by atoms with van der Waals surface area (Å²) >= 11 is 0. The highest BCUT2D eigenvalue weighted by Crippen LogP contribution is 2.22. The average Bonchev–Trinajstić information content (AvgIpc) is 2.43. The highest BCUT2D eigenvalue weighted by Gasteiger charge is 2.13. The minimum atomic E-state index is -0.662. The lowest BCUT2D eigenvalue weighted by Crippen LogP contribution is -2.15. The van der Waals surface area contributed by atoms with Crippen molar-refractivity contribution in [2.24, 2.45) is 0 Å². The number of rotatable bonds is 4. The summed E-state index contributed by atoms with van der Waals surface area (Å²) in [6.45, 7) is 1.88. The second kappa shape index (κ2) is 6.35. The summed E-state index contributed by atoms with van der Waals surface area (Å²) in [6, 6.07) is 10.1. The van der Waals surface area contributed by atoms with Crippen molar-refractivity contribution in [3.05, 3.63) is 59.7 Å². The number of nitrogen functional groups attached to an aromatic ring is 1. The zero-order valence-electron chi connectivity index (χ0n) is 11.6. The number of carbonyl (C=O) groups is 1. The van der Waals surface area contributed by atoms with Crippen LogP contribution in [0.3, 0.4) is 0 Å². The molecule has 1 amide bonds. The molecule has 21 heavy (non-hydrogen) atoms. The number of anilines is 2. The van der Waals surface area contributed by atoms with Crippen molar-refractivity contribution in [2.75, 3.05) is 11.1 Å². The van der Waals surface area contributed by atoms with E-state index in [2.05, 4.69) is 5.32 Å². The normalized spacial score (nSPS) is 12.0. The smallest absolute Gasteiger partial charge is 0.225 e. The molecular formula is C16H16F2N2O. The lowest BCUT2D eigenvalue weighted by atomic mass is 9.97. The zero-order valence-corrected chi connectivity index (χ0v) is 11.6. The van der Waals surface area contributed by atoms with Crippen molar-refractivity contribution in [2.45, 2.75) is 19.3 Å². The number of nitrogens with two attached hydrogens (primary N) is 1. The summed E-state index contributed by atoms with van der Waals surface area (Å²) in [5, 5.41) is 2.38. The predicted molar refractivity (Wildman–Crippen MR) is 78.9 cm³/mol. The van der Waals surface area contributed by atoms with Crippen molar-refractivity contribution in [1.29, 1.82) is 0 Å². The molecule has 0 aliphatic rings. The molecule has 1 unspecified atom stereocenters. The number of amides is 1. The Morgan fingerprint density at radius 2 is 1.86 bits per heavy atom. The first-order valence-corrected chi connectivity index (χ1v) is 6.56. The fraction of sp³-hybridized carbons (Fsp3) is 0.188. The molecule has 0 saturated heterocycles. The average molecular weight is 290 g/mol. The molecule has 0 aliphatic heterocycles. The van der Waals surface area contributed by atoms with Crippen LogP contribution in [0.4, 0.5) is 20.2 Å². The van der Waals surface area contributed by atoms with Gasteiger partial charge in [-0.15, -0.1) is 0 Å². The third kappa shape index (κ3) is 4.02. The van der Waals surface area contributed by atoms with Crippen LogP contribution < -0.4 is 11.1 Å². The Morgan fingerprint density at radius 3 is 2.52 bits per heavy atom. The maximum Gasteiger partial charge on any atom is 0.225 e. The quantitative estimate of drug-likeness (QED) is 0.844. The SMILES string of the molecule is CC(CC(=O)Nc1cc(F)ccc1F)c1ccc(N)cc1. The van der Waals surface area contributed by atoms with Crippen molar-refractivity contribution in [3.63, 3.8) is 0 Å². The number of carbonyl (C=O) groups excluding carboxylic acids is 1. The molecule has 0 spiro atoms. The van der Waals surface area contributed by atoms with E-state index in [-0.39, 0.29) is 23.9 Å². The first kappa shape index (κ1) is 15.0. The van der Waals surface area contributed by atoms with Crippen LogP contribution in [-0.2, 0) is 4.79 Å². The maximum atomic E-state index is 13.4. The minimum absolute atomic E-state index is 0.0535. The van der Waals surface area contributed by atoms with E-state index in [1.807, 2.05) is 19.1 Å². The summed E-state index contributed by atoms with van der Waals surface area (Å²) in [5.74, 6) is -1.69. The molecule has 0 aliphatic carbocycles. The van der Waals surface area contributed by atoms with Crippen molar-refractivity contribution in [3.8, 4) is 0 Å². The Balaban J connectivity index is 2.01. The van der Waals surface area contributed by atoms with E-state index >= 15 is 0 Å². The van der Waals surface area contributed by atoms with Gasteiger partial charge >= 0.3 is 0 Å². The number of halogens is 2. The van der Waals surface area contributed by atoms with Crippen LogP contribution in [-0.4, -0.2) is 5.91 Å². The van der Waals surface area contributed by atoms with E-state index < -0.39 is 11.6 Å². The Kier molecular flexibility index (Phi) is 4.52. The van der Waals surface area contributed by atoms with Gasteiger partial charge in [0.05, 0.1) is 5.69 Å². The number of hydrogen-bond acceptors (Lipinski definition) is 2. The van der Waals surface area contributed by atoms with Crippen LogP contribution in [0.1, 0.15) is 24.8 Å². The summed E-state index contributed by atoms with van der Waals surface area (Å²) < 4.78 is 26.5. The van der Waals surface area contributed by atoms with Crippen LogP contribution in [0.2, 0.25) is 0 Å². The van der Waals surface area contributed by atoms with E-state index in [9.17, 15) is 13.6 Å². The van der Waals surface area contributed by atoms with E-state index in [0.29, 0.717) is 5.69 Å². The van der Waals surface area contributed by atoms with Gasteiger partial charge in [-0.2, -0.15) is 0 Å². The van der Waals surface area contributed by atoms with Gasteiger partial charge < -0.3 is 11.1 Å². The summed E-state index contributed by atoms with van der Waals surface area (Å²) in [7, 11) is 0. The molecule has 3 N–H and O–H groups in total. The summed E-state index contributed by atoms with van der Waals surface area (Å²) in [4.78, 5) is 11.9. The third-order valence-electron chi connectivity index (χ3n) is 3.20. The van der Waals surface area contributed by atoms with E-state index in [1.165, 1.54) is 0 Å². The summed E-state index contributed by atoms with van der Waals surface area (Å²) in [6.07, 6.45) is 0.167. The van der Waals surface area contributed by atoms with Crippen molar-refractivity contribution >= 4 is 17.3 Å². The Morgan fingerprint density at radius 1 is 1.19 bits per heavy atom. The molecule has 5 heteroatoms. The largest absolute Gasteiger partial charge is 0.399 e. The van der Waals surface area contributed by atoms with Crippen molar-refractivity contribution < 1.29 is 13.6 Å². The molecule has 2 rings (SSSR count). The Labute approximate surface area is 121 Å². The zero-order chi connectivity index (χ0) is 15.4. The van der Waals surface area contributed by atoms with E-state index in [0.717, 1.165) is 23.8 Å². The fourth-order valence-electron chi connectivity index (χ4n) is 2.02. The van der Waals surface area contributed by atoms with Crippen molar-refractivity contribution in [1.82, 2.24) is 0 Å². The van der Waals surface area contributed by atoms with Gasteiger partial charge in [-0.25, -0.2) is 8.78 Å². The monoisotopic (exact) mass is 290 g/mol. The van der Waals surface area contributed by atoms with Gasteiger partial charge in [-0.3, -0.25) is 4.79 Å². The number of hydrogen-bond donors (Lipinski definition) is 2. The predicted octanol–water partition coefficient (Wildman–Crippen LogP) is 3.68.